The first-order valence-corrected chi connectivity index (χ1v) is 8.39. The number of aryl methyl sites for hydroxylation is 1. The van der Waals surface area contributed by atoms with Crippen LogP contribution in [0.15, 0.2) is 35.6 Å². The average Bonchev–Trinajstić information content (AvgIpc) is 2.88. The molecule has 1 unspecified atom stereocenters. The van der Waals surface area contributed by atoms with Crippen molar-refractivity contribution in [2.24, 2.45) is 0 Å². The minimum atomic E-state index is -1.52. The summed E-state index contributed by atoms with van der Waals surface area (Å²) in [5.74, 6) is 0.899. The number of methoxy groups -OCH3 is 1. The zero-order chi connectivity index (χ0) is 16.6. The molecule has 0 bridgehead atoms. The van der Waals surface area contributed by atoms with Gasteiger partial charge in [-0.1, -0.05) is 12.1 Å². The van der Waals surface area contributed by atoms with E-state index < -0.39 is 10.8 Å². The van der Waals surface area contributed by atoms with E-state index in [4.69, 9.17) is 4.74 Å². The quantitative estimate of drug-likeness (QED) is 0.744. The van der Waals surface area contributed by atoms with Crippen molar-refractivity contribution in [2.75, 3.05) is 7.11 Å². The van der Waals surface area contributed by atoms with Gasteiger partial charge in [0.15, 0.2) is 0 Å². The van der Waals surface area contributed by atoms with Crippen molar-refractivity contribution in [3.8, 4) is 5.75 Å². The molecule has 6 nitrogen and oxygen atoms in total. The molecule has 0 saturated carbocycles. The minimum Gasteiger partial charge on any atom is -0.496 e. The predicted molar refractivity (Wildman–Crippen MR) is 87.3 cm³/mol. The van der Waals surface area contributed by atoms with Crippen LogP contribution in [0.1, 0.15) is 16.8 Å². The maximum Gasteiger partial charge on any atom is 0.234 e. The first kappa shape index (κ1) is 15.5. The highest BCUT2D eigenvalue weighted by molar-refractivity contribution is 7.84. The Hall–Kier alpha value is -2.41. The van der Waals surface area contributed by atoms with Crippen molar-refractivity contribution in [1.82, 2.24) is 14.7 Å². The number of rotatable bonds is 4. The standard InChI is InChI=1S/C16H17N3O3S/c1-10-8-17-13(11(2)15(10)22-3)9-23(21)16-18-12-6-4-5-7-14(12)19(16)20/h4-8,20H,9H2,1-3H3. The Labute approximate surface area is 136 Å². The lowest BCUT2D eigenvalue weighted by Gasteiger charge is -2.11. The number of fused-ring (bicyclic) bond motifs is 1. The summed E-state index contributed by atoms with van der Waals surface area (Å²) in [6, 6.07) is 7.10. The summed E-state index contributed by atoms with van der Waals surface area (Å²) in [6.07, 6.45) is 1.69. The highest BCUT2D eigenvalue weighted by Crippen LogP contribution is 2.26. The van der Waals surface area contributed by atoms with Gasteiger partial charge in [0.2, 0.25) is 5.16 Å². The summed E-state index contributed by atoms with van der Waals surface area (Å²) < 4.78 is 18.9. The van der Waals surface area contributed by atoms with Crippen LogP contribution >= 0.6 is 0 Å². The number of benzene rings is 1. The second kappa shape index (κ2) is 6.00. The molecule has 7 heteroatoms. The Balaban J connectivity index is 1.97. The van der Waals surface area contributed by atoms with Gasteiger partial charge < -0.3 is 9.94 Å². The van der Waals surface area contributed by atoms with Gasteiger partial charge in [-0.15, -0.1) is 0 Å². The normalized spacial score (nSPS) is 12.5. The molecule has 0 saturated heterocycles. The molecule has 0 fully saturated rings. The molecule has 3 aromatic rings. The molecule has 3 rings (SSSR count). The zero-order valence-electron chi connectivity index (χ0n) is 13.1. The fraction of sp³-hybridized carbons (Fsp3) is 0.250. The lowest BCUT2D eigenvalue weighted by atomic mass is 10.1. The van der Waals surface area contributed by atoms with Crippen molar-refractivity contribution in [1.29, 1.82) is 0 Å². The molecule has 0 aliphatic rings. The molecule has 23 heavy (non-hydrogen) atoms. The number of hydrogen-bond donors (Lipinski definition) is 1. The largest absolute Gasteiger partial charge is 0.496 e. The third kappa shape index (κ3) is 2.68. The predicted octanol–water partition coefficient (Wildman–Crippen LogP) is 2.60. The summed E-state index contributed by atoms with van der Waals surface area (Å²) in [7, 11) is 0.0785. The summed E-state index contributed by atoms with van der Waals surface area (Å²) in [5.41, 5.74) is 3.57. The van der Waals surface area contributed by atoms with Crippen molar-refractivity contribution in [2.45, 2.75) is 24.8 Å². The number of nitrogens with zero attached hydrogens (tertiary/aromatic N) is 3. The van der Waals surface area contributed by atoms with Crippen molar-refractivity contribution in [3.63, 3.8) is 0 Å². The molecule has 2 aromatic heterocycles. The van der Waals surface area contributed by atoms with Crippen molar-refractivity contribution >= 4 is 21.8 Å². The van der Waals surface area contributed by atoms with E-state index in [1.165, 1.54) is 0 Å². The second-order valence-electron chi connectivity index (χ2n) is 5.23. The number of aromatic nitrogens is 3. The summed E-state index contributed by atoms with van der Waals surface area (Å²) >= 11 is 0. The molecular formula is C16H17N3O3S. The van der Waals surface area contributed by atoms with Gasteiger partial charge in [-0.3, -0.25) is 9.19 Å². The molecule has 0 aliphatic carbocycles. The van der Waals surface area contributed by atoms with Crippen LogP contribution in [0.5, 0.6) is 5.75 Å². The molecule has 0 amide bonds. The number of ether oxygens (including phenoxy) is 1. The number of para-hydroxylation sites is 2. The van der Waals surface area contributed by atoms with Gasteiger partial charge in [0, 0.05) is 17.3 Å². The Kier molecular flexibility index (Phi) is 4.04. The molecule has 1 aromatic carbocycles. The first-order valence-electron chi connectivity index (χ1n) is 7.07. The summed E-state index contributed by atoms with van der Waals surface area (Å²) in [6.45, 7) is 3.79. The maximum absolute atomic E-state index is 12.6. The van der Waals surface area contributed by atoms with Crippen LogP contribution in [0.4, 0.5) is 0 Å². The Morgan fingerprint density at radius 1 is 1.30 bits per heavy atom. The zero-order valence-corrected chi connectivity index (χ0v) is 13.9. The van der Waals surface area contributed by atoms with Gasteiger partial charge in [0.1, 0.15) is 11.3 Å². The van der Waals surface area contributed by atoms with Gasteiger partial charge in [0.05, 0.1) is 34.9 Å². The molecule has 0 radical (unpaired) electrons. The van der Waals surface area contributed by atoms with Crippen molar-refractivity contribution < 1.29 is 14.2 Å². The van der Waals surface area contributed by atoms with Crippen LogP contribution in [0.2, 0.25) is 0 Å². The van der Waals surface area contributed by atoms with Crippen LogP contribution in [0, 0.1) is 13.8 Å². The van der Waals surface area contributed by atoms with Gasteiger partial charge >= 0.3 is 0 Å². The van der Waals surface area contributed by atoms with E-state index in [9.17, 15) is 9.42 Å². The highest BCUT2D eigenvalue weighted by atomic mass is 32.2. The Morgan fingerprint density at radius 2 is 2.04 bits per heavy atom. The molecule has 2 heterocycles. The molecule has 0 aliphatic heterocycles. The molecule has 0 spiro atoms. The van der Waals surface area contributed by atoms with E-state index in [1.54, 1.807) is 31.5 Å². The van der Waals surface area contributed by atoms with E-state index in [-0.39, 0.29) is 10.9 Å². The third-order valence-corrected chi connectivity index (χ3v) is 4.94. The van der Waals surface area contributed by atoms with Crippen LogP contribution in [0.3, 0.4) is 0 Å². The fourth-order valence-corrected chi connectivity index (χ4v) is 3.70. The van der Waals surface area contributed by atoms with Crippen LogP contribution in [-0.2, 0) is 16.6 Å². The smallest absolute Gasteiger partial charge is 0.234 e. The molecule has 1 atom stereocenters. The molecule has 1 N–H and O–H groups in total. The summed E-state index contributed by atoms with van der Waals surface area (Å²) in [5, 5.41) is 10.3. The van der Waals surface area contributed by atoms with Crippen LogP contribution in [-0.4, -0.2) is 31.2 Å². The summed E-state index contributed by atoms with van der Waals surface area (Å²) in [4.78, 5) is 8.60. The van der Waals surface area contributed by atoms with E-state index in [0.29, 0.717) is 16.7 Å². The molecule has 120 valence electrons. The lowest BCUT2D eigenvalue weighted by molar-refractivity contribution is 0.171. The minimum absolute atomic E-state index is 0.118. The number of imidazole rings is 1. The number of pyridine rings is 1. The third-order valence-electron chi connectivity index (χ3n) is 3.73. The number of hydrogen-bond acceptors (Lipinski definition) is 5. The van der Waals surface area contributed by atoms with E-state index in [1.807, 2.05) is 19.9 Å². The average molecular weight is 331 g/mol. The van der Waals surface area contributed by atoms with Gasteiger partial charge in [-0.05, 0) is 26.0 Å². The monoisotopic (exact) mass is 331 g/mol. The topological polar surface area (TPSA) is 77.2 Å². The Bertz CT molecular complexity index is 905. The van der Waals surface area contributed by atoms with E-state index >= 15 is 0 Å². The Morgan fingerprint density at radius 3 is 2.74 bits per heavy atom. The van der Waals surface area contributed by atoms with Crippen molar-refractivity contribution in [3.05, 3.63) is 47.3 Å². The second-order valence-corrected chi connectivity index (χ2v) is 6.58. The molecular weight excluding hydrogens is 314 g/mol. The highest BCUT2D eigenvalue weighted by Gasteiger charge is 2.19. The van der Waals surface area contributed by atoms with E-state index in [0.717, 1.165) is 21.6 Å². The van der Waals surface area contributed by atoms with E-state index in [2.05, 4.69) is 9.97 Å². The van der Waals surface area contributed by atoms with Gasteiger partial charge in [-0.25, -0.2) is 4.98 Å². The lowest BCUT2D eigenvalue weighted by Crippen LogP contribution is -2.08. The van der Waals surface area contributed by atoms with Crippen LogP contribution < -0.4 is 4.74 Å². The van der Waals surface area contributed by atoms with Crippen LogP contribution in [0.25, 0.3) is 11.0 Å². The SMILES string of the molecule is COc1c(C)cnc(CS(=O)c2nc3ccccc3n2O)c1C. The van der Waals surface area contributed by atoms with Gasteiger partial charge in [-0.2, -0.15) is 4.73 Å². The maximum atomic E-state index is 12.6. The van der Waals surface area contributed by atoms with Gasteiger partial charge in [0.25, 0.3) is 0 Å². The first-order chi connectivity index (χ1) is 11.0. The fourth-order valence-electron chi connectivity index (χ4n) is 2.54.